The highest BCUT2D eigenvalue weighted by atomic mass is 16.6. The topological polar surface area (TPSA) is 120 Å². The summed E-state index contributed by atoms with van der Waals surface area (Å²) in [5, 5.41) is 30.1. The minimum absolute atomic E-state index is 0.0997. The summed E-state index contributed by atoms with van der Waals surface area (Å²) < 4.78 is 0. The molecule has 0 saturated heterocycles. The van der Waals surface area contributed by atoms with Gasteiger partial charge >= 0.3 is 11.9 Å². The van der Waals surface area contributed by atoms with Crippen LogP contribution in [0.3, 0.4) is 0 Å². The van der Waals surface area contributed by atoms with E-state index in [-0.39, 0.29) is 5.69 Å². The van der Waals surface area contributed by atoms with E-state index in [2.05, 4.69) is 4.99 Å². The molecule has 0 aromatic heterocycles. The van der Waals surface area contributed by atoms with E-state index in [1.54, 1.807) is 0 Å². The van der Waals surface area contributed by atoms with Crippen LogP contribution in [-0.2, 0) is 0 Å². The fraction of sp³-hybridized carbons (Fsp3) is 0.222. The maximum atomic E-state index is 10.4. The first-order chi connectivity index (χ1) is 7.91. The second-order valence-corrected chi connectivity index (χ2v) is 3.28. The number of nitro benzene ring substituents is 1. The van der Waals surface area contributed by atoms with Crippen LogP contribution in [0.15, 0.2) is 24.3 Å². The lowest BCUT2D eigenvalue weighted by Gasteiger charge is -1.95. The smallest absolute Gasteiger partial charge is 0.414 e. The van der Waals surface area contributed by atoms with Crippen LogP contribution < -0.4 is 4.99 Å². The molecule has 1 rings (SSSR count). The van der Waals surface area contributed by atoms with E-state index in [0.717, 1.165) is 0 Å². The molecule has 0 amide bonds. The molecule has 1 atom stereocenters. The van der Waals surface area contributed by atoms with Gasteiger partial charge in [0.2, 0.25) is 5.69 Å². The molecule has 0 aliphatic carbocycles. The summed E-state index contributed by atoms with van der Waals surface area (Å²) in [6.45, 7) is 1.22. The number of aliphatic hydroxyl groups is 1. The number of benzene rings is 1. The van der Waals surface area contributed by atoms with E-state index in [0.29, 0.717) is 5.69 Å². The van der Waals surface area contributed by atoms with Gasteiger partial charge in [0.25, 0.3) is 5.69 Å². The van der Waals surface area contributed by atoms with Gasteiger partial charge in [0.05, 0.1) is 4.92 Å². The molecule has 0 saturated carbocycles. The van der Waals surface area contributed by atoms with Crippen LogP contribution in [0.2, 0.25) is 0 Å². The van der Waals surface area contributed by atoms with Crippen molar-refractivity contribution >= 4 is 17.3 Å². The molecular formula is C9H10N3O5+. The number of nitrogens with one attached hydrogen (secondary N) is 1. The zero-order chi connectivity index (χ0) is 13.0. The number of nitrogens with zero attached hydrogens (tertiary/aromatic N) is 2. The minimum Gasteiger partial charge on any atom is -0.458 e. The second-order valence-electron chi connectivity index (χ2n) is 3.28. The molecule has 8 nitrogen and oxygen atoms in total. The Morgan fingerprint density at radius 3 is 2.24 bits per heavy atom. The Morgan fingerprint density at radius 2 is 1.82 bits per heavy atom. The Balaban J connectivity index is 2.91. The molecule has 0 aliphatic heterocycles. The Labute approximate surface area is 95.5 Å². The standard InChI is InChI=1S/C9H9N3O5/c1-6(11(14)15)9(13)10-7-2-4-8(5-3-7)12(16)17/h2-6H,1H3,(H,10,13)/p+1. The van der Waals surface area contributed by atoms with Crippen molar-refractivity contribution in [3.63, 3.8) is 0 Å². The maximum Gasteiger partial charge on any atom is 0.414 e. The average Bonchev–Trinajstić information content (AvgIpc) is 2.28. The minimum atomic E-state index is -1.26. The van der Waals surface area contributed by atoms with Crippen LogP contribution in [-0.4, -0.2) is 26.9 Å². The molecule has 0 fully saturated rings. The van der Waals surface area contributed by atoms with Crippen LogP contribution in [0.25, 0.3) is 0 Å². The van der Waals surface area contributed by atoms with E-state index in [4.69, 9.17) is 0 Å². The average molecular weight is 240 g/mol. The highest BCUT2D eigenvalue weighted by Crippen LogP contribution is 2.11. The third-order valence-electron chi connectivity index (χ3n) is 2.06. The van der Waals surface area contributed by atoms with Crippen LogP contribution >= 0.6 is 0 Å². The van der Waals surface area contributed by atoms with Gasteiger partial charge in [-0.05, 0) is 0 Å². The Hall–Kier alpha value is -2.51. The highest BCUT2D eigenvalue weighted by molar-refractivity contribution is 5.72. The molecule has 0 heterocycles. The molecule has 0 bridgehead atoms. The van der Waals surface area contributed by atoms with Crippen molar-refractivity contribution in [2.75, 3.05) is 0 Å². The van der Waals surface area contributed by atoms with Gasteiger partial charge in [-0.1, -0.05) is 0 Å². The summed E-state index contributed by atoms with van der Waals surface area (Å²) in [5.74, 6) is -0.524. The summed E-state index contributed by atoms with van der Waals surface area (Å²) in [7, 11) is 0. The molecule has 0 aliphatic rings. The van der Waals surface area contributed by atoms with Gasteiger partial charge in [-0.2, -0.15) is 4.99 Å². The van der Waals surface area contributed by atoms with Gasteiger partial charge < -0.3 is 5.11 Å². The zero-order valence-corrected chi connectivity index (χ0v) is 8.86. The zero-order valence-electron chi connectivity index (χ0n) is 8.86. The van der Waals surface area contributed by atoms with Crippen molar-refractivity contribution in [2.45, 2.75) is 13.0 Å². The first-order valence-corrected chi connectivity index (χ1v) is 4.62. The Bertz CT molecular complexity index is 468. The third-order valence-corrected chi connectivity index (χ3v) is 2.06. The largest absolute Gasteiger partial charge is 0.458 e. The Kier molecular flexibility index (Phi) is 3.70. The van der Waals surface area contributed by atoms with Gasteiger partial charge in [0.15, 0.2) is 0 Å². The number of nitro groups is 2. The number of hydrogen-bond donors (Lipinski definition) is 2. The number of aliphatic hydroxyl groups excluding tert-OH is 1. The van der Waals surface area contributed by atoms with Crippen LogP contribution in [0.5, 0.6) is 0 Å². The molecule has 17 heavy (non-hydrogen) atoms. The lowest BCUT2D eigenvalue weighted by Crippen LogP contribution is -2.69. The van der Waals surface area contributed by atoms with Gasteiger partial charge in [-0.15, -0.1) is 0 Å². The number of non-ortho nitro benzene ring substituents is 1. The predicted molar refractivity (Wildman–Crippen MR) is 57.8 cm³/mol. The van der Waals surface area contributed by atoms with Crippen molar-refractivity contribution in [1.82, 2.24) is 0 Å². The monoisotopic (exact) mass is 240 g/mol. The van der Waals surface area contributed by atoms with Crippen LogP contribution in [0, 0.1) is 20.2 Å². The SMILES string of the molecule is CC(C(O)=[NH+]c1ccc([N+](=O)[O-])cc1)[N+](=O)[O-]. The van der Waals surface area contributed by atoms with E-state index in [1.807, 2.05) is 0 Å². The Morgan fingerprint density at radius 1 is 1.29 bits per heavy atom. The molecule has 1 aromatic rings. The summed E-state index contributed by atoms with van der Waals surface area (Å²) in [6, 6.07) is 3.89. The lowest BCUT2D eigenvalue weighted by molar-refractivity contribution is -0.514. The summed E-state index contributed by atoms with van der Waals surface area (Å²) >= 11 is 0. The highest BCUT2D eigenvalue weighted by Gasteiger charge is 2.26. The first-order valence-electron chi connectivity index (χ1n) is 4.62. The summed E-state index contributed by atoms with van der Waals surface area (Å²) in [6.07, 6.45) is 0. The van der Waals surface area contributed by atoms with Gasteiger partial charge in [0.1, 0.15) is 0 Å². The van der Waals surface area contributed by atoms with E-state index in [1.165, 1.54) is 31.2 Å². The van der Waals surface area contributed by atoms with E-state index in [9.17, 15) is 25.3 Å². The van der Waals surface area contributed by atoms with Crippen molar-refractivity contribution in [3.05, 3.63) is 44.5 Å². The fourth-order valence-corrected chi connectivity index (χ4v) is 1.02. The first kappa shape index (κ1) is 12.6. The summed E-state index contributed by atoms with van der Waals surface area (Å²) in [5.41, 5.74) is 0.235. The van der Waals surface area contributed by atoms with Gasteiger partial charge in [0, 0.05) is 36.1 Å². The van der Waals surface area contributed by atoms with Crippen molar-refractivity contribution in [2.24, 2.45) is 0 Å². The molecule has 2 N–H and O–H groups in total. The normalized spacial score (nSPS) is 13.1. The van der Waals surface area contributed by atoms with Crippen LogP contribution in [0.1, 0.15) is 6.92 Å². The molecule has 0 spiro atoms. The lowest BCUT2D eigenvalue weighted by atomic mass is 10.3. The second kappa shape index (κ2) is 5.01. The molecular weight excluding hydrogens is 230 g/mol. The number of hydrogen-bond acceptors (Lipinski definition) is 4. The summed E-state index contributed by atoms with van der Waals surface area (Å²) in [4.78, 5) is 21.9. The fourth-order valence-electron chi connectivity index (χ4n) is 1.02. The van der Waals surface area contributed by atoms with E-state index < -0.39 is 21.8 Å². The van der Waals surface area contributed by atoms with Crippen molar-refractivity contribution in [1.29, 1.82) is 0 Å². The number of rotatable bonds is 4. The molecule has 1 aromatic carbocycles. The van der Waals surface area contributed by atoms with Crippen molar-refractivity contribution in [3.8, 4) is 0 Å². The van der Waals surface area contributed by atoms with E-state index >= 15 is 0 Å². The van der Waals surface area contributed by atoms with Gasteiger partial charge in [-0.25, -0.2) is 0 Å². The third kappa shape index (κ3) is 3.23. The molecule has 1 unspecified atom stereocenters. The molecule has 8 heteroatoms. The van der Waals surface area contributed by atoms with Crippen LogP contribution in [0.4, 0.5) is 11.4 Å². The quantitative estimate of drug-likeness (QED) is 0.330. The molecule has 90 valence electrons. The predicted octanol–water partition coefficient (Wildman–Crippen LogP) is -0.0714. The molecule has 0 radical (unpaired) electrons. The van der Waals surface area contributed by atoms with Gasteiger partial charge in [-0.3, -0.25) is 20.2 Å². The maximum absolute atomic E-state index is 10.4. The van der Waals surface area contributed by atoms with Crippen molar-refractivity contribution < 1.29 is 19.9 Å².